The molecule has 1 aromatic carbocycles. The molecular formula is C14H15N3O2. The van der Waals surface area contributed by atoms with Crippen molar-refractivity contribution in [2.24, 2.45) is 0 Å². The minimum atomic E-state index is -0.926. The fourth-order valence-corrected chi connectivity index (χ4v) is 1.80. The molecule has 2 aromatic rings. The van der Waals surface area contributed by atoms with Gasteiger partial charge in [0.05, 0.1) is 5.56 Å². The molecule has 0 spiro atoms. The quantitative estimate of drug-likeness (QED) is 0.879. The molecule has 5 nitrogen and oxygen atoms in total. The molecule has 2 N–H and O–H groups in total. The normalized spacial score (nSPS) is 10.2. The fourth-order valence-electron chi connectivity index (χ4n) is 1.80. The lowest BCUT2D eigenvalue weighted by molar-refractivity contribution is 0.0697. The first-order valence-electron chi connectivity index (χ1n) is 5.93. The van der Waals surface area contributed by atoms with Crippen molar-refractivity contribution in [1.29, 1.82) is 0 Å². The van der Waals surface area contributed by atoms with Gasteiger partial charge < -0.3 is 10.4 Å². The Morgan fingerprint density at radius 1 is 1.21 bits per heavy atom. The first-order chi connectivity index (χ1) is 9.04. The van der Waals surface area contributed by atoms with Crippen LogP contribution >= 0.6 is 0 Å². The Morgan fingerprint density at radius 2 is 1.89 bits per heavy atom. The van der Waals surface area contributed by atoms with E-state index in [0.717, 1.165) is 17.0 Å². The van der Waals surface area contributed by atoms with Crippen molar-refractivity contribution in [1.82, 2.24) is 9.97 Å². The standard InChI is InChI=1S/C14H15N3O2/c1-9-6-10(2)17-14(16-9)15-8-11-4-3-5-12(7-11)13(18)19/h3-7H,8H2,1-2H3,(H,18,19)(H,15,16,17). The summed E-state index contributed by atoms with van der Waals surface area (Å²) in [6.45, 7) is 4.31. The van der Waals surface area contributed by atoms with Crippen molar-refractivity contribution in [3.05, 3.63) is 52.8 Å². The van der Waals surface area contributed by atoms with Gasteiger partial charge in [-0.1, -0.05) is 12.1 Å². The van der Waals surface area contributed by atoms with E-state index in [9.17, 15) is 4.79 Å². The third kappa shape index (κ3) is 3.51. The van der Waals surface area contributed by atoms with Crippen LogP contribution in [0, 0.1) is 13.8 Å². The number of aryl methyl sites for hydroxylation is 2. The summed E-state index contributed by atoms with van der Waals surface area (Å²) in [4.78, 5) is 19.4. The average Bonchev–Trinajstić information content (AvgIpc) is 2.35. The number of hydrogen-bond acceptors (Lipinski definition) is 4. The summed E-state index contributed by atoms with van der Waals surface area (Å²) in [5.74, 6) is -0.372. The zero-order valence-corrected chi connectivity index (χ0v) is 10.8. The average molecular weight is 257 g/mol. The van der Waals surface area contributed by atoms with Crippen LogP contribution in [0.4, 0.5) is 5.95 Å². The highest BCUT2D eigenvalue weighted by atomic mass is 16.4. The molecule has 0 atom stereocenters. The predicted octanol–water partition coefficient (Wildman–Crippen LogP) is 2.40. The predicted molar refractivity (Wildman–Crippen MR) is 72.2 cm³/mol. The van der Waals surface area contributed by atoms with Gasteiger partial charge in [-0.05, 0) is 37.6 Å². The maximum absolute atomic E-state index is 10.9. The summed E-state index contributed by atoms with van der Waals surface area (Å²) in [7, 11) is 0. The first-order valence-corrected chi connectivity index (χ1v) is 5.93. The van der Waals surface area contributed by atoms with E-state index < -0.39 is 5.97 Å². The zero-order chi connectivity index (χ0) is 13.8. The van der Waals surface area contributed by atoms with E-state index in [2.05, 4.69) is 15.3 Å². The van der Waals surface area contributed by atoms with Crippen LogP contribution in [-0.4, -0.2) is 21.0 Å². The molecule has 98 valence electrons. The van der Waals surface area contributed by atoms with Crippen LogP contribution in [0.5, 0.6) is 0 Å². The summed E-state index contributed by atoms with van der Waals surface area (Å²) in [6.07, 6.45) is 0. The molecule has 1 aromatic heterocycles. The van der Waals surface area contributed by atoms with Crippen LogP contribution in [-0.2, 0) is 6.54 Å². The Balaban J connectivity index is 2.10. The highest BCUT2D eigenvalue weighted by Crippen LogP contribution is 2.09. The molecule has 0 amide bonds. The van der Waals surface area contributed by atoms with Crippen LogP contribution in [0.2, 0.25) is 0 Å². The zero-order valence-electron chi connectivity index (χ0n) is 10.8. The molecule has 0 aliphatic heterocycles. The summed E-state index contributed by atoms with van der Waals surface area (Å²) < 4.78 is 0. The van der Waals surface area contributed by atoms with E-state index in [1.54, 1.807) is 18.2 Å². The van der Waals surface area contributed by atoms with Crippen molar-refractivity contribution >= 4 is 11.9 Å². The Hall–Kier alpha value is -2.43. The molecule has 0 fully saturated rings. The van der Waals surface area contributed by atoms with Crippen LogP contribution in [0.25, 0.3) is 0 Å². The number of carboxylic acid groups (broad SMARTS) is 1. The molecular weight excluding hydrogens is 242 g/mol. The number of hydrogen-bond donors (Lipinski definition) is 2. The van der Waals surface area contributed by atoms with Crippen molar-refractivity contribution in [3.8, 4) is 0 Å². The van der Waals surface area contributed by atoms with Crippen molar-refractivity contribution in [2.75, 3.05) is 5.32 Å². The van der Waals surface area contributed by atoms with Gasteiger partial charge in [-0.3, -0.25) is 0 Å². The number of anilines is 1. The number of aromatic carboxylic acids is 1. The molecule has 2 rings (SSSR count). The van der Waals surface area contributed by atoms with E-state index in [1.807, 2.05) is 26.0 Å². The van der Waals surface area contributed by atoms with Gasteiger partial charge in [0.1, 0.15) is 0 Å². The van der Waals surface area contributed by atoms with Gasteiger partial charge in [-0.25, -0.2) is 14.8 Å². The molecule has 0 aliphatic rings. The Labute approximate surface area is 111 Å². The van der Waals surface area contributed by atoms with Crippen LogP contribution in [0.1, 0.15) is 27.3 Å². The van der Waals surface area contributed by atoms with Crippen molar-refractivity contribution in [2.45, 2.75) is 20.4 Å². The van der Waals surface area contributed by atoms with Gasteiger partial charge in [-0.15, -0.1) is 0 Å². The third-order valence-corrected chi connectivity index (χ3v) is 2.61. The molecule has 19 heavy (non-hydrogen) atoms. The Kier molecular flexibility index (Phi) is 3.75. The summed E-state index contributed by atoms with van der Waals surface area (Å²) in [5, 5.41) is 12.0. The van der Waals surface area contributed by atoms with Gasteiger partial charge in [0, 0.05) is 17.9 Å². The van der Waals surface area contributed by atoms with Gasteiger partial charge in [0.2, 0.25) is 5.95 Å². The number of nitrogens with zero attached hydrogens (tertiary/aromatic N) is 2. The second kappa shape index (κ2) is 5.48. The van der Waals surface area contributed by atoms with Gasteiger partial charge in [0.25, 0.3) is 0 Å². The van der Waals surface area contributed by atoms with E-state index in [4.69, 9.17) is 5.11 Å². The minimum absolute atomic E-state index is 0.278. The number of aromatic nitrogens is 2. The fraction of sp³-hybridized carbons (Fsp3) is 0.214. The molecule has 0 unspecified atom stereocenters. The van der Waals surface area contributed by atoms with Gasteiger partial charge in [-0.2, -0.15) is 0 Å². The summed E-state index contributed by atoms with van der Waals surface area (Å²) >= 11 is 0. The minimum Gasteiger partial charge on any atom is -0.478 e. The van der Waals surface area contributed by atoms with Crippen LogP contribution in [0.15, 0.2) is 30.3 Å². The molecule has 0 bridgehead atoms. The van der Waals surface area contributed by atoms with Crippen molar-refractivity contribution in [3.63, 3.8) is 0 Å². The second-order valence-corrected chi connectivity index (χ2v) is 4.33. The number of carboxylic acids is 1. The monoisotopic (exact) mass is 257 g/mol. The lowest BCUT2D eigenvalue weighted by Gasteiger charge is -2.07. The van der Waals surface area contributed by atoms with Crippen molar-refractivity contribution < 1.29 is 9.90 Å². The van der Waals surface area contributed by atoms with E-state index in [1.165, 1.54) is 0 Å². The smallest absolute Gasteiger partial charge is 0.335 e. The molecule has 1 heterocycles. The number of benzene rings is 1. The maximum Gasteiger partial charge on any atom is 0.335 e. The highest BCUT2D eigenvalue weighted by molar-refractivity contribution is 5.87. The topological polar surface area (TPSA) is 75.1 Å². The SMILES string of the molecule is Cc1cc(C)nc(NCc2cccc(C(=O)O)c2)n1. The van der Waals surface area contributed by atoms with E-state index in [-0.39, 0.29) is 5.56 Å². The van der Waals surface area contributed by atoms with Crippen LogP contribution < -0.4 is 5.32 Å². The van der Waals surface area contributed by atoms with E-state index >= 15 is 0 Å². The largest absolute Gasteiger partial charge is 0.478 e. The van der Waals surface area contributed by atoms with Gasteiger partial charge >= 0.3 is 5.97 Å². The molecule has 0 saturated carbocycles. The number of rotatable bonds is 4. The third-order valence-electron chi connectivity index (χ3n) is 2.61. The lowest BCUT2D eigenvalue weighted by Crippen LogP contribution is -2.06. The van der Waals surface area contributed by atoms with E-state index in [0.29, 0.717) is 12.5 Å². The van der Waals surface area contributed by atoms with Crippen LogP contribution in [0.3, 0.4) is 0 Å². The highest BCUT2D eigenvalue weighted by Gasteiger charge is 2.04. The Bertz CT molecular complexity index is 591. The second-order valence-electron chi connectivity index (χ2n) is 4.33. The molecule has 5 heteroatoms. The summed E-state index contributed by atoms with van der Waals surface area (Å²) in [6, 6.07) is 8.69. The Morgan fingerprint density at radius 3 is 2.53 bits per heavy atom. The number of carbonyl (C=O) groups is 1. The molecule has 0 saturated heterocycles. The first kappa shape index (κ1) is 13.0. The number of nitrogens with one attached hydrogen (secondary N) is 1. The van der Waals surface area contributed by atoms with Gasteiger partial charge in [0.15, 0.2) is 0 Å². The maximum atomic E-state index is 10.9. The lowest BCUT2D eigenvalue weighted by atomic mass is 10.1. The molecule has 0 radical (unpaired) electrons. The summed E-state index contributed by atoms with van der Waals surface area (Å²) in [5.41, 5.74) is 2.95. The molecule has 0 aliphatic carbocycles.